The molecule has 2 aromatic heterocycles. The zero-order valence-electron chi connectivity index (χ0n) is 18.9. The summed E-state index contributed by atoms with van der Waals surface area (Å²) in [4.78, 5) is 19.7. The van der Waals surface area contributed by atoms with Gasteiger partial charge in [0, 0.05) is 18.7 Å². The molecule has 0 atom stereocenters. The van der Waals surface area contributed by atoms with Crippen molar-refractivity contribution in [3.8, 4) is 0 Å². The van der Waals surface area contributed by atoms with Gasteiger partial charge in [-0.15, -0.1) is 0 Å². The Morgan fingerprint density at radius 3 is 2.49 bits per heavy atom. The Labute approximate surface area is 206 Å². The van der Waals surface area contributed by atoms with E-state index in [9.17, 15) is 17.6 Å². The highest BCUT2D eigenvalue weighted by molar-refractivity contribution is 7.89. The second kappa shape index (κ2) is 9.88. The number of carbonyl (C=O) groups excluding carboxylic acids is 1. The van der Waals surface area contributed by atoms with Crippen molar-refractivity contribution in [1.82, 2.24) is 9.29 Å². The van der Waals surface area contributed by atoms with Crippen LogP contribution >= 0.6 is 11.3 Å². The van der Waals surface area contributed by atoms with Gasteiger partial charge in [-0.25, -0.2) is 17.8 Å². The summed E-state index contributed by atoms with van der Waals surface area (Å²) in [6.45, 7) is 1.15. The van der Waals surface area contributed by atoms with E-state index in [0.717, 1.165) is 25.7 Å². The Balaban J connectivity index is 1.45. The average Bonchev–Trinajstić information content (AvgIpc) is 3.43. The van der Waals surface area contributed by atoms with Gasteiger partial charge in [0.05, 0.1) is 27.9 Å². The lowest BCUT2D eigenvalue weighted by molar-refractivity contribution is 0.0983. The fourth-order valence-electron chi connectivity index (χ4n) is 4.14. The molecule has 1 fully saturated rings. The summed E-state index contributed by atoms with van der Waals surface area (Å²) in [5.41, 5.74) is 0.902. The first-order valence-electron chi connectivity index (χ1n) is 11.4. The number of thiazole rings is 1. The Kier molecular flexibility index (Phi) is 6.68. The van der Waals surface area contributed by atoms with E-state index in [0.29, 0.717) is 39.8 Å². The molecule has 0 radical (unpaired) electrons. The number of nitrogens with zero attached hydrogens (tertiary/aromatic N) is 3. The van der Waals surface area contributed by atoms with Crippen LogP contribution in [0.3, 0.4) is 0 Å². The maximum absolute atomic E-state index is 13.7. The van der Waals surface area contributed by atoms with Crippen LogP contribution in [0.15, 0.2) is 70.2 Å². The number of anilines is 1. The molecule has 1 amide bonds. The summed E-state index contributed by atoms with van der Waals surface area (Å²) in [5, 5.41) is 0.397. The van der Waals surface area contributed by atoms with Crippen molar-refractivity contribution in [1.29, 1.82) is 0 Å². The Hall–Kier alpha value is -3.08. The van der Waals surface area contributed by atoms with E-state index in [1.807, 2.05) is 0 Å². The van der Waals surface area contributed by atoms with Crippen LogP contribution in [0.25, 0.3) is 10.2 Å². The molecule has 182 valence electrons. The van der Waals surface area contributed by atoms with Crippen molar-refractivity contribution >= 4 is 42.6 Å². The summed E-state index contributed by atoms with van der Waals surface area (Å²) < 4.78 is 47.5. The molecule has 0 unspecified atom stereocenters. The number of rotatable bonds is 6. The third-order valence-electron chi connectivity index (χ3n) is 6.01. The molecular formula is C25H24FN3O4S2. The predicted molar refractivity (Wildman–Crippen MR) is 132 cm³/mol. The molecule has 5 rings (SSSR count). The highest BCUT2D eigenvalue weighted by atomic mass is 32.2. The molecule has 35 heavy (non-hydrogen) atoms. The SMILES string of the molecule is O=C(c1ccc(S(=O)(=O)N2CCCCCC2)cc1)N(Cc1ccco1)c1nc2ccc(F)cc2s1. The van der Waals surface area contributed by atoms with Crippen LogP contribution in [-0.2, 0) is 16.6 Å². The Bertz CT molecular complexity index is 1430. The molecule has 1 aliphatic rings. The van der Waals surface area contributed by atoms with Crippen LogP contribution in [0.4, 0.5) is 9.52 Å². The van der Waals surface area contributed by atoms with E-state index in [1.54, 1.807) is 18.2 Å². The third kappa shape index (κ3) is 5.00. The minimum absolute atomic E-state index is 0.127. The number of hydrogen-bond acceptors (Lipinski definition) is 6. The fraction of sp³-hybridized carbons (Fsp3) is 0.280. The number of furan rings is 1. The van der Waals surface area contributed by atoms with Gasteiger partial charge in [-0.1, -0.05) is 24.2 Å². The molecule has 1 aliphatic heterocycles. The van der Waals surface area contributed by atoms with Gasteiger partial charge in [-0.2, -0.15) is 4.31 Å². The highest BCUT2D eigenvalue weighted by Crippen LogP contribution is 2.32. The van der Waals surface area contributed by atoms with Gasteiger partial charge in [0.15, 0.2) is 5.13 Å². The Morgan fingerprint density at radius 2 is 1.80 bits per heavy atom. The fourth-order valence-corrected chi connectivity index (χ4v) is 6.65. The van der Waals surface area contributed by atoms with Gasteiger partial charge in [0.1, 0.15) is 11.6 Å². The van der Waals surface area contributed by atoms with E-state index in [4.69, 9.17) is 4.42 Å². The lowest BCUT2D eigenvalue weighted by Gasteiger charge is -2.21. The second-order valence-corrected chi connectivity index (χ2v) is 11.4. The average molecular weight is 514 g/mol. The van der Waals surface area contributed by atoms with E-state index < -0.39 is 10.0 Å². The maximum atomic E-state index is 13.7. The monoisotopic (exact) mass is 513 g/mol. The van der Waals surface area contributed by atoms with Crippen LogP contribution in [0.1, 0.15) is 41.8 Å². The topological polar surface area (TPSA) is 83.7 Å². The van der Waals surface area contributed by atoms with Crippen molar-refractivity contribution in [2.45, 2.75) is 37.1 Å². The molecule has 4 aromatic rings. The molecule has 1 saturated heterocycles. The maximum Gasteiger partial charge on any atom is 0.260 e. The van der Waals surface area contributed by atoms with Crippen molar-refractivity contribution in [3.05, 3.63) is 78.0 Å². The van der Waals surface area contributed by atoms with Gasteiger partial charge in [-0.3, -0.25) is 9.69 Å². The van der Waals surface area contributed by atoms with Crippen molar-refractivity contribution in [3.63, 3.8) is 0 Å². The molecule has 7 nitrogen and oxygen atoms in total. The van der Waals surface area contributed by atoms with Crippen LogP contribution in [0.5, 0.6) is 0 Å². The second-order valence-electron chi connectivity index (χ2n) is 8.42. The molecule has 0 saturated carbocycles. The molecule has 10 heteroatoms. The van der Waals surface area contributed by atoms with Crippen molar-refractivity contribution < 1.29 is 22.0 Å². The number of sulfonamides is 1. The van der Waals surface area contributed by atoms with Crippen LogP contribution in [-0.4, -0.2) is 36.7 Å². The molecular weight excluding hydrogens is 489 g/mol. The molecule has 0 aliphatic carbocycles. The van der Waals surface area contributed by atoms with Gasteiger partial charge in [0.2, 0.25) is 10.0 Å². The highest BCUT2D eigenvalue weighted by Gasteiger charge is 2.27. The first kappa shape index (κ1) is 23.7. The van der Waals surface area contributed by atoms with Crippen LogP contribution in [0, 0.1) is 5.82 Å². The molecule has 0 bridgehead atoms. The zero-order valence-corrected chi connectivity index (χ0v) is 20.5. The normalized spacial score (nSPS) is 15.2. The minimum Gasteiger partial charge on any atom is -0.467 e. The van der Waals surface area contributed by atoms with Gasteiger partial charge < -0.3 is 4.42 Å². The lowest BCUT2D eigenvalue weighted by Crippen LogP contribution is -2.32. The number of benzene rings is 2. The summed E-state index contributed by atoms with van der Waals surface area (Å²) in [6, 6.07) is 13.8. The van der Waals surface area contributed by atoms with E-state index in [1.165, 1.54) is 63.2 Å². The minimum atomic E-state index is -3.62. The lowest BCUT2D eigenvalue weighted by atomic mass is 10.2. The Morgan fingerprint density at radius 1 is 1.06 bits per heavy atom. The van der Waals surface area contributed by atoms with Gasteiger partial charge in [0.25, 0.3) is 5.91 Å². The van der Waals surface area contributed by atoms with E-state index >= 15 is 0 Å². The van der Waals surface area contributed by atoms with Crippen molar-refractivity contribution in [2.75, 3.05) is 18.0 Å². The number of aromatic nitrogens is 1. The smallest absolute Gasteiger partial charge is 0.260 e. The quantitative estimate of drug-likeness (QED) is 0.343. The van der Waals surface area contributed by atoms with Gasteiger partial charge in [-0.05, 0) is 67.4 Å². The number of halogens is 1. The number of hydrogen-bond donors (Lipinski definition) is 0. The predicted octanol–water partition coefficient (Wildman–Crippen LogP) is 5.44. The number of amides is 1. The summed E-state index contributed by atoms with van der Waals surface area (Å²) in [6.07, 6.45) is 5.29. The molecule has 0 N–H and O–H groups in total. The van der Waals surface area contributed by atoms with E-state index in [2.05, 4.69) is 4.98 Å². The first-order chi connectivity index (χ1) is 16.9. The number of carbonyl (C=O) groups is 1. The van der Waals surface area contributed by atoms with Crippen LogP contribution < -0.4 is 4.90 Å². The summed E-state index contributed by atoms with van der Waals surface area (Å²) >= 11 is 1.20. The third-order valence-corrected chi connectivity index (χ3v) is 8.97. The molecule has 2 aromatic carbocycles. The van der Waals surface area contributed by atoms with Gasteiger partial charge >= 0.3 is 0 Å². The largest absolute Gasteiger partial charge is 0.467 e. The summed E-state index contributed by atoms with van der Waals surface area (Å²) in [7, 11) is -3.62. The molecule has 3 heterocycles. The van der Waals surface area contributed by atoms with E-state index in [-0.39, 0.29) is 23.2 Å². The standard InChI is InChI=1S/C25H24FN3O4S2/c26-19-9-12-22-23(16-19)34-25(27-22)29(17-20-6-5-15-33-20)24(30)18-7-10-21(11-8-18)35(31,32)28-13-3-1-2-4-14-28/h5-12,15-16H,1-4,13-14,17H2. The molecule has 0 spiro atoms. The zero-order chi connectivity index (χ0) is 24.4. The summed E-state index contributed by atoms with van der Waals surface area (Å²) in [5.74, 6) is -0.179. The first-order valence-corrected chi connectivity index (χ1v) is 13.7. The van der Waals surface area contributed by atoms with Crippen molar-refractivity contribution in [2.24, 2.45) is 0 Å². The number of fused-ring (bicyclic) bond motifs is 1. The van der Waals surface area contributed by atoms with Crippen LogP contribution in [0.2, 0.25) is 0 Å².